The van der Waals surface area contributed by atoms with Crippen molar-refractivity contribution < 1.29 is 23.9 Å². The lowest BCUT2D eigenvalue weighted by Crippen LogP contribution is -2.47. The van der Waals surface area contributed by atoms with Crippen molar-refractivity contribution in [3.63, 3.8) is 0 Å². The molecule has 2 amide bonds. The normalized spacial score (nSPS) is 21.5. The Morgan fingerprint density at radius 1 is 1.32 bits per heavy atom. The lowest BCUT2D eigenvalue weighted by Gasteiger charge is -2.27. The third-order valence-electron chi connectivity index (χ3n) is 3.20. The van der Waals surface area contributed by atoms with Crippen molar-refractivity contribution in [2.75, 3.05) is 27.2 Å². The van der Waals surface area contributed by atoms with E-state index in [9.17, 15) is 14.4 Å². The molecule has 0 bridgehead atoms. The average Bonchev–Trinajstić information content (AvgIpc) is 2.77. The molecule has 1 aliphatic heterocycles. The quantitative estimate of drug-likeness (QED) is 0.733. The van der Waals surface area contributed by atoms with Crippen molar-refractivity contribution in [3.8, 4) is 0 Å². The van der Waals surface area contributed by atoms with E-state index in [0.717, 1.165) is 0 Å². The van der Waals surface area contributed by atoms with Crippen molar-refractivity contribution in [1.82, 2.24) is 9.80 Å². The summed E-state index contributed by atoms with van der Waals surface area (Å²) in [4.78, 5) is 38.4. The molecule has 1 fully saturated rings. The van der Waals surface area contributed by atoms with Gasteiger partial charge in [0, 0.05) is 19.6 Å². The van der Waals surface area contributed by atoms with Crippen LogP contribution in [0.25, 0.3) is 0 Å². The number of hydrogen-bond donors (Lipinski definition) is 1. The average molecular weight is 315 g/mol. The first-order chi connectivity index (χ1) is 10.0. The van der Waals surface area contributed by atoms with Gasteiger partial charge in [0.2, 0.25) is 5.91 Å². The van der Waals surface area contributed by atoms with Gasteiger partial charge in [0.15, 0.2) is 0 Å². The number of nitrogens with two attached hydrogens (primary N) is 1. The Kier molecular flexibility index (Phi) is 5.76. The van der Waals surface area contributed by atoms with Gasteiger partial charge in [-0.15, -0.1) is 0 Å². The van der Waals surface area contributed by atoms with Gasteiger partial charge in [-0.2, -0.15) is 0 Å². The van der Waals surface area contributed by atoms with Gasteiger partial charge >= 0.3 is 12.1 Å². The lowest BCUT2D eigenvalue weighted by molar-refractivity contribution is -0.151. The molecular formula is C14H25N3O5. The zero-order valence-electron chi connectivity index (χ0n) is 13.8. The summed E-state index contributed by atoms with van der Waals surface area (Å²) < 4.78 is 9.87. The number of likely N-dealkylation sites (N-methyl/N-ethyl adjacent to an activating group) is 1. The highest BCUT2D eigenvalue weighted by atomic mass is 16.6. The number of carbonyl (C=O) groups is 3. The number of carbonyl (C=O) groups excluding carboxylic acids is 3. The predicted molar refractivity (Wildman–Crippen MR) is 79.0 cm³/mol. The molecule has 0 spiro atoms. The Morgan fingerprint density at radius 2 is 1.91 bits per heavy atom. The van der Waals surface area contributed by atoms with Crippen molar-refractivity contribution in [1.29, 1.82) is 0 Å². The summed E-state index contributed by atoms with van der Waals surface area (Å²) in [5.41, 5.74) is 5.17. The van der Waals surface area contributed by atoms with E-state index >= 15 is 0 Å². The second-order valence-corrected chi connectivity index (χ2v) is 6.42. The number of methoxy groups -OCH3 is 1. The molecule has 0 unspecified atom stereocenters. The van der Waals surface area contributed by atoms with Crippen LogP contribution < -0.4 is 5.73 Å². The van der Waals surface area contributed by atoms with Crippen LogP contribution in [-0.4, -0.2) is 72.7 Å². The van der Waals surface area contributed by atoms with E-state index in [4.69, 9.17) is 10.5 Å². The van der Waals surface area contributed by atoms with E-state index < -0.39 is 23.7 Å². The topological polar surface area (TPSA) is 102 Å². The van der Waals surface area contributed by atoms with E-state index in [2.05, 4.69) is 4.74 Å². The molecule has 0 aromatic carbocycles. The highest BCUT2D eigenvalue weighted by molar-refractivity contribution is 5.88. The largest absolute Gasteiger partial charge is 0.467 e. The fraction of sp³-hybridized carbons (Fsp3) is 0.786. The second kappa shape index (κ2) is 6.95. The minimum atomic E-state index is -0.695. The highest BCUT2D eigenvalue weighted by Gasteiger charge is 2.39. The molecule has 1 rings (SSSR count). The smallest absolute Gasteiger partial charge is 0.410 e. The van der Waals surface area contributed by atoms with Gasteiger partial charge in [0.05, 0.1) is 7.11 Å². The van der Waals surface area contributed by atoms with Crippen LogP contribution in [0.3, 0.4) is 0 Å². The van der Waals surface area contributed by atoms with Gasteiger partial charge in [-0.05, 0) is 27.2 Å². The standard InChI is InChI=1S/C14H25N3O5/c1-14(2,3)22-13(20)16(4)8-11(18)17-7-9(15)6-10(17)12(19)21-5/h9-10H,6-8,15H2,1-5H3/t9-,10+/m1/s1. The molecule has 2 N–H and O–H groups in total. The van der Waals surface area contributed by atoms with Crippen LogP contribution in [0.5, 0.6) is 0 Å². The maximum atomic E-state index is 12.3. The predicted octanol–water partition coefficient (Wildman–Crippen LogP) is -0.0455. The van der Waals surface area contributed by atoms with Crippen molar-refractivity contribution in [2.45, 2.75) is 44.9 Å². The molecule has 1 heterocycles. The Balaban J connectivity index is 2.67. The number of ether oxygens (including phenoxy) is 2. The first-order valence-corrected chi connectivity index (χ1v) is 7.12. The monoisotopic (exact) mass is 315 g/mol. The highest BCUT2D eigenvalue weighted by Crippen LogP contribution is 2.18. The SMILES string of the molecule is COC(=O)[C@@H]1C[C@@H](N)CN1C(=O)CN(C)C(=O)OC(C)(C)C. The van der Waals surface area contributed by atoms with Gasteiger partial charge in [0.25, 0.3) is 0 Å². The minimum absolute atomic E-state index is 0.185. The number of amides is 2. The van der Waals surface area contributed by atoms with Crippen LogP contribution in [0.2, 0.25) is 0 Å². The first kappa shape index (κ1) is 18.2. The lowest BCUT2D eigenvalue weighted by atomic mass is 10.2. The molecule has 126 valence electrons. The van der Waals surface area contributed by atoms with Gasteiger partial charge in [0.1, 0.15) is 18.2 Å². The maximum absolute atomic E-state index is 12.3. The van der Waals surface area contributed by atoms with Crippen molar-refractivity contribution in [3.05, 3.63) is 0 Å². The fourth-order valence-corrected chi connectivity index (χ4v) is 2.20. The molecule has 0 radical (unpaired) electrons. The van der Waals surface area contributed by atoms with E-state index in [1.54, 1.807) is 20.8 Å². The molecule has 8 nitrogen and oxygen atoms in total. The molecule has 0 aliphatic carbocycles. The van der Waals surface area contributed by atoms with Crippen LogP contribution in [0, 0.1) is 0 Å². The molecule has 0 aromatic rings. The van der Waals surface area contributed by atoms with Crippen LogP contribution in [-0.2, 0) is 19.1 Å². The Hall–Kier alpha value is -1.83. The summed E-state index contributed by atoms with van der Waals surface area (Å²) in [5, 5.41) is 0. The third kappa shape index (κ3) is 4.87. The van der Waals surface area contributed by atoms with Crippen LogP contribution in [0.4, 0.5) is 4.79 Å². The van der Waals surface area contributed by atoms with Crippen molar-refractivity contribution >= 4 is 18.0 Å². The van der Waals surface area contributed by atoms with E-state index in [0.29, 0.717) is 6.42 Å². The Morgan fingerprint density at radius 3 is 2.41 bits per heavy atom. The zero-order chi connectivity index (χ0) is 17.1. The van der Waals surface area contributed by atoms with E-state index in [1.165, 1.54) is 24.0 Å². The minimum Gasteiger partial charge on any atom is -0.467 e. The number of rotatable bonds is 3. The van der Waals surface area contributed by atoms with E-state index in [1.807, 2.05) is 0 Å². The Bertz CT molecular complexity index is 446. The van der Waals surface area contributed by atoms with Crippen LogP contribution in [0.1, 0.15) is 27.2 Å². The number of esters is 1. The number of nitrogens with zero attached hydrogens (tertiary/aromatic N) is 2. The maximum Gasteiger partial charge on any atom is 0.410 e. The van der Waals surface area contributed by atoms with Gasteiger partial charge in [-0.3, -0.25) is 4.79 Å². The van der Waals surface area contributed by atoms with E-state index in [-0.39, 0.29) is 25.0 Å². The summed E-state index contributed by atoms with van der Waals surface area (Å²) >= 11 is 0. The fourth-order valence-electron chi connectivity index (χ4n) is 2.20. The third-order valence-corrected chi connectivity index (χ3v) is 3.20. The molecule has 2 atom stereocenters. The summed E-state index contributed by atoms with van der Waals surface area (Å²) in [7, 11) is 2.73. The molecule has 0 saturated carbocycles. The first-order valence-electron chi connectivity index (χ1n) is 7.12. The summed E-state index contributed by atoms with van der Waals surface area (Å²) in [5.74, 6) is -0.863. The summed E-state index contributed by atoms with van der Waals surface area (Å²) in [6, 6.07) is -0.973. The molecule has 1 aliphatic rings. The number of likely N-dealkylation sites (tertiary alicyclic amines) is 1. The Labute approximate surface area is 130 Å². The summed E-state index contributed by atoms with van der Waals surface area (Å²) in [6.07, 6.45) is -0.242. The van der Waals surface area contributed by atoms with Crippen molar-refractivity contribution in [2.24, 2.45) is 5.73 Å². The number of hydrogen-bond acceptors (Lipinski definition) is 6. The van der Waals surface area contributed by atoms with Gasteiger partial charge in [-0.25, -0.2) is 9.59 Å². The zero-order valence-corrected chi connectivity index (χ0v) is 13.8. The molecule has 0 aromatic heterocycles. The van der Waals surface area contributed by atoms with Gasteiger partial charge < -0.3 is 25.0 Å². The molecule has 1 saturated heterocycles. The molecular weight excluding hydrogens is 290 g/mol. The summed E-state index contributed by atoms with van der Waals surface area (Å²) in [6.45, 7) is 5.31. The second-order valence-electron chi connectivity index (χ2n) is 6.42. The molecule has 8 heteroatoms. The molecule has 22 heavy (non-hydrogen) atoms. The van der Waals surface area contributed by atoms with Crippen LogP contribution in [0.15, 0.2) is 0 Å². The van der Waals surface area contributed by atoms with Gasteiger partial charge in [-0.1, -0.05) is 0 Å². The van der Waals surface area contributed by atoms with Crippen LogP contribution >= 0.6 is 0 Å².